The van der Waals surface area contributed by atoms with Crippen LogP contribution in [-0.4, -0.2) is 23.5 Å². The SMILES string of the molecule is CCCCCCCCNC(=O)C(C)Oc1ccc(Cl)nc1Cl. The third-order valence-corrected chi connectivity index (χ3v) is 3.76. The largest absolute Gasteiger partial charge is 0.478 e. The third kappa shape index (κ3) is 7.32. The Bertz CT molecular complexity index is 469. The number of carbonyl (C=O) groups is 1. The first kappa shape index (κ1) is 19.0. The highest BCUT2D eigenvalue weighted by molar-refractivity contribution is 6.33. The van der Waals surface area contributed by atoms with Gasteiger partial charge in [-0.3, -0.25) is 4.79 Å². The zero-order valence-electron chi connectivity index (χ0n) is 13.2. The van der Waals surface area contributed by atoms with Crippen molar-refractivity contribution in [3.05, 3.63) is 22.4 Å². The molecular weight excluding hydrogens is 323 g/mol. The maximum atomic E-state index is 11.9. The van der Waals surface area contributed by atoms with Gasteiger partial charge in [-0.1, -0.05) is 62.2 Å². The lowest BCUT2D eigenvalue weighted by Crippen LogP contribution is -2.36. The average Bonchev–Trinajstić information content (AvgIpc) is 2.48. The highest BCUT2D eigenvalue weighted by Crippen LogP contribution is 2.24. The van der Waals surface area contributed by atoms with Crippen LogP contribution in [-0.2, 0) is 4.79 Å². The molecule has 0 radical (unpaired) electrons. The van der Waals surface area contributed by atoms with Crippen molar-refractivity contribution in [2.24, 2.45) is 0 Å². The minimum absolute atomic E-state index is 0.153. The molecule has 0 spiro atoms. The summed E-state index contributed by atoms with van der Waals surface area (Å²) < 4.78 is 5.51. The number of nitrogens with one attached hydrogen (secondary N) is 1. The van der Waals surface area contributed by atoms with Gasteiger partial charge in [-0.05, 0) is 25.5 Å². The minimum atomic E-state index is -0.624. The number of nitrogens with zero attached hydrogens (tertiary/aromatic N) is 1. The van der Waals surface area contributed by atoms with Crippen LogP contribution in [0.5, 0.6) is 5.75 Å². The number of ether oxygens (including phenoxy) is 1. The van der Waals surface area contributed by atoms with Crippen molar-refractivity contribution in [1.29, 1.82) is 0 Å². The van der Waals surface area contributed by atoms with Gasteiger partial charge >= 0.3 is 0 Å². The van der Waals surface area contributed by atoms with Gasteiger partial charge in [-0.15, -0.1) is 0 Å². The monoisotopic (exact) mass is 346 g/mol. The summed E-state index contributed by atoms with van der Waals surface area (Å²) in [6.07, 6.45) is 6.53. The van der Waals surface area contributed by atoms with Crippen LogP contribution in [0, 0.1) is 0 Å². The van der Waals surface area contributed by atoms with Crippen LogP contribution in [0.1, 0.15) is 52.4 Å². The molecule has 1 heterocycles. The zero-order valence-corrected chi connectivity index (χ0v) is 14.7. The molecule has 22 heavy (non-hydrogen) atoms. The molecule has 0 aliphatic carbocycles. The molecule has 6 heteroatoms. The summed E-state index contributed by atoms with van der Waals surface area (Å²) in [6.45, 7) is 4.55. The molecule has 1 N–H and O–H groups in total. The molecule has 0 saturated heterocycles. The predicted octanol–water partition coefficient (Wildman–Crippen LogP) is 4.63. The number of carbonyl (C=O) groups excluding carboxylic acids is 1. The molecule has 1 aromatic heterocycles. The van der Waals surface area contributed by atoms with Crippen molar-refractivity contribution < 1.29 is 9.53 Å². The fourth-order valence-electron chi connectivity index (χ4n) is 1.99. The van der Waals surface area contributed by atoms with Crippen molar-refractivity contribution in [3.8, 4) is 5.75 Å². The Kier molecular flexibility index (Phi) is 9.25. The summed E-state index contributed by atoms with van der Waals surface area (Å²) in [5.41, 5.74) is 0. The fourth-order valence-corrected chi connectivity index (χ4v) is 2.38. The smallest absolute Gasteiger partial charge is 0.260 e. The predicted molar refractivity (Wildman–Crippen MR) is 90.7 cm³/mol. The Labute approximate surface area is 142 Å². The van der Waals surface area contributed by atoms with Gasteiger partial charge in [0.1, 0.15) is 5.15 Å². The van der Waals surface area contributed by atoms with Crippen molar-refractivity contribution in [2.45, 2.75) is 58.5 Å². The molecule has 1 rings (SSSR count). The molecule has 4 nitrogen and oxygen atoms in total. The molecule has 0 fully saturated rings. The Morgan fingerprint density at radius 1 is 1.23 bits per heavy atom. The van der Waals surface area contributed by atoms with Gasteiger partial charge in [-0.2, -0.15) is 0 Å². The van der Waals surface area contributed by atoms with Crippen LogP contribution < -0.4 is 10.1 Å². The standard InChI is InChI=1S/C16H24Cl2N2O2/c1-3-4-5-6-7-8-11-19-16(21)12(2)22-13-9-10-14(17)20-15(13)18/h9-10,12H,3-8,11H2,1-2H3,(H,19,21). The van der Waals surface area contributed by atoms with E-state index in [9.17, 15) is 4.79 Å². The van der Waals surface area contributed by atoms with E-state index >= 15 is 0 Å². The van der Waals surface area contributed by atoms with E-state index in [4.69, 9.17) is 27.9 Å². The lowest BCUT2D eigenvalue weighted by atomic mass is 10.1. The van der Waals surface area contributed by atoms with Crippen LogP contribution in [0.4, 0.5) is 0 Å². The first-order chi connectivity index (χ1) is 10.5. The number of amides is 1. The maximum Gasteiger partial charge on any atom is 0.260 e. The van der Waals surface area contributed by atoms with E-state index in [0.717, 1.165) is 12.8 Å². The lowest BCUT2D eigenvalue weighted by molar-refractivity contribution is -0.127. The summed E-state index contributed by atoms with van der Waals surface area (Å²) >= 11 is 11.6. The van der Waals surface area contributed by atoms with Gasteiger partial charge in [-0.25, -0.2) is 4.98 Å². The quantitative estimate of drug-likeness (QED) is 0.496. The minimum Gasteiger partial charge on any atom is -0.478 e. The number of hydrogen-bond acceptors (Lipinski definition) is 3. The highest BCUT2D eigenvalue weighted by Gasteiger charge is 2.16. The third-order valence-electron chi connectivity index (χ3n) is 3.28. The molecule has 0 aliphatic rings. The molecule has 1 amide bonds. The molecule has 1 atom stereocenters. The molecular formula is C16H24Cl2N2O2. The van der Waals surface area contributed by atoms with Crippen molar-refractivity contribution in [3.63, 3.8) is 0 Å². The van der Waals surface area contributed by atoms with E-state index in [1.54, 1.807) is 19.1 Å². The molecule has 124 valence electrons. The Balaban J connectivity index is 2.24. The van der Waals surface area contributed by atoms with Gasteiger partial charge < -0.3 is 10.1 Å². The number of hydrogen-bond donors (Lipinski definition) is 1. The van der Waals surface area contributed by atoms with Crippen LogP contribution in [0.25, 0.3) is 0 Å². The molecule has 0 aromatic carbocycles. The van der Waals surface area contributed by atoms with E-state index in [0.29, 0.717) is 12.3 Å². The zero-order chi connectivity index (χ0) is 16.4. The van der Waals surface area contributed by atoms with Crippen molar-refractivity contribution in [2.75, 3.05) is 6.54 Å². The highest BCUT2D eigenvalue weighted by atomic mass is 35.5. The van der Waals surface area contributed by atoms with Crippen LogP contribution >= 0.6 is 23.2 Å². The second-order valence-corrected chi connectivity index (χ2v) is 5.99. The van der Waals surface area contributed by atoms with Gasteiger partial charge in [0.15, 0.2) is 17.0 Å². The molecule has 0 bridgehead atoms. The first-order valence-corrected chi connectivity index (χ1v) is 8.56. The fraction of sp³-hybridized carbons (Fsp3) is 0.625. The van der Waals surface area contributed by atoms with Gasteiger partial charge in [0.25, 0.3) is 5.91 Å². The van der Waals surface area contributed by atoms with E-state index in [1.165, 1.54) is 25.7 Å². The topological polar surface area (TPSA) is 51.2 Å². The maximum absolute atomic E-state index is 11.9. The van der Waals surface area contributed by atoms with Crippen LogP contribution in [0.3, 0.4) is 0 Å². The summed E-state index contributed by atoms with van der Waals surface area (Å²) in [5.74, 6) is 0.202. The van der Waals surface area contributed by atoms with E-state index in [-0.39, 0.29) is 16.2 Å². The van der Waals surface area contributed by atoms with E-state index < -0.39 is 6.10 Å². The summed E-state index contributed by atoms with van der Waals surface area (Å²) in [7, 11) is 0. The Hall–Kier alpha value is -1.00. The first-order valence-electron chi connectivity index (χ1n) is 7.81. The normalized spacial score (nSPS) is 12.0. The average molecular weight is 347 g/mol. The second kappa shape index (κ2) is 10.7. The molecule has 1 unspecified atom stereocenters. The summed E-state index contributed by atoms with van der Waals surface area (Å²) in [4.78, 5) is 15.8. The molecule has 0 saturated carbocycles. The van der Waals surface area contributed by atoms with E-state index in [2.05, 4.69) is 17.2 Å². The summed E-state index contributed by atoms with van der Waals surface area (Å²) in [5, 5.41) is 3.32. The number of rotatable bonds is 10. The van der Waals surface area contributed by atoms with Crippen molar-refractivity contribution >= 4 is 29.1 Å². The summed E-state index contributed by atoms with van der Waals surface area (Å²) in [6, 6.07) is 3.18. The van der Waals surface area contributed by atoms with Gasteiger partial charge in [0.2, 0.25) is 0 Å². The van der Waals surface area contributed by atoms with Crippen LogP contribution in [0.15, 0.2) is 12.1 Å². The van der Waals surface area contributed by atoms with E-state index in [1.807, 2.05) is 0 Å². The number of pyridine rings is 1. The van der Waals surface area contributed by atoms with Crippen LogP contribution in [0.2, 0.25) is 10.3 Å². The lowest BCUT2D eigenvalue weighted by Gasteiger charge is -2.15. The van der Waals surface area contributed by atoms with Gasteiger partial charge in [0, 0.05) is 6.54 Å². The Morgan fingerprint density at radius 2 is 1.91 bits per heavy atom. The number of aromatic nitrogens is 1. The van der Waals surface area contributed by atoms with Gasteiger partial charge in [0.05, 0.1) is 0 Å². The second-order valence-electron chi connectivity index (χ2n) is 5.24. The number of unbranched alkanes of at least 4 members (excludes halogenated alkanes) is 5. The number of halogens is 2. The Morgan fingerprint density at radius 3 is 2.59 bits per heavy atom. The molecule has 1 aromatic rings. The van der Waals surface area contributed by atoms with Crippen molar-refractivity contribution in [1.82, 2.24) is 10.3 Å². The molecule has 0 aliphatic heterocycles.